The maximum absolute atomic E-state index is 12.1. The predicted molar refractivity (Wildman–Crippen MR) is 79.3 cm³/mol. The molecule has 0 bridgehead atoms. The van der Waals surface area contributed by atoms with Crippen molar-refractivity contribution >= 4 is 11.6 Å². The second-order valence-electron chi connectivity index (χ2n) is 5.64. The van der Waals surface area contributed by atoms with Crippen LogP contribution in [0, 0.1) is 5.92 Å². The third-order valence-electron chi connectivity index (χ3n) is 3.69. The zero-order valence-electron chi connectivity index (χ0n) is 12.0. The van der Waals surface area contributed by atoms with Crippen LogP contribution in [0.15, 0.2) is 30.3 Å². The number of carbonyl (C=O) groups excluding carboxylic acids is 1. The van der Waals surface area contributed by atoms with Gasteiger partial charge < -0.3 is 9.80 Å². The Labute approximate surface area is 116 Å². The maximum Gasteiger partial charge on any atom is 0.222 e. The van der Waals surface area contributed by atoms with Crippen molar-refractivity contribution in [3.63, 3.8) is 0 Å². The lowest BCUT2D eigenvalue weighted by atomic mass is 10.1. The van der Waals surface area contributed by atoms with Gasteiger partial charge in [-0.1, -0.05) is 32.0 Å². The summed E-state index contributed by atoms with van der Waals surface area (Å²) < 4.78 is 0. The van der Waals surface area contributed by atoms with Crippen LogP contribution in [-0.2, 0) is 4.79 Å². The summed E-state index contributed by atoms with van der Waals surface area (Å²) in [5.41, 5.74) is 1.26. The summed E-state index contributed by atoms with van der Waals surface area (Å²) in [5, 5.41) is 0. The number of anilines is 1. The fourth-order valence-corrected chi connectivity index (χ4v) is 2.42. The standard InChI is InChI=1S/C16H24N2O/c1-14(2)8-9-16(19)18-12-10-17(11-13-18)15-6-4-3-5-7-15/h3-7,14H,8-13H2,1-2H3. The van der Waals surface area contributed by atoms with Gasteiger partial charge in [0.15, 0.2) is 0 Å². The summed E-state index contributed by atoms with van der Waals surface area (Å²) in [4.78, 5) is 16.4. The molecule has 1 fully saturated rings. The van der Waals surface area contributed by atoms with Crippen LogP contribution in [-0.4, -0.2) is 37.0 Å². The minimum atomic E-state index is 0.321. The molecule has 0 unspecified atom stereocenters. The van der Waals surface area contributed by atoms with E-state index in [1.165, 1.54) is 5.69 Å². The van der Waals surface area contributed by atoms with E-state index in [9.17, 15) is 4.79 Å². The highest BCUT2D eigenvalue weighted by atomic mass is 16.2. The number of nitrogens with zero attached hydrogens (tertiary/aromatic N) is 2. The summed E-state index contributed by atoms with van der Waals surface area (Å²) in [6.45, 7) is 7.92. The summed E-state index contributed by atoms with van der Waals surface area (Å²) in [5.74, 6) is 0.927. The van der Waals surface area contributed by atoms with Gasteiger partial charge in [0.2, 0.25) is 5.91 Å². The van der Waals surface area contributed by atoms with Gasteiger partial charge in [0.05, 0.1) is 0 Å². The molecule has 1 saturated heterocycles. The molecule has 1 heterocycles. The molecule has 0 atom stereocenters. The van der Waals surface area contributed by atoms with Crippen LogP contribution in [0.4, 0.5) is 5.69 Å². The molecule has 0 spiro atoms. The van der Waals surface area contributed by atoms with Gasteiger partial charge in [-0.15, -0.1) is 0 Å². The molecule has 1 aliphatic rings. The number of amides is 1. The van der Waals surface area contributed by atoms with Crippen molar-refractivity contribution in [2.75, 3.05) is 31.1 Å². The maximum atomic E-state index is 12.1. The fraction of sp³-hybridized carbons (Fsp3) is 0.562. The number of carbonyl (C=O) groups is 1. The third kappa shape index (κ3) is 3.98. The quantitative estimate of drug-likeness (QED) is 0.831. The monoisotopic (exact) mass is 260 g/mol. The van der Waals surface area contributed by atoms with E-state index < -0.39 is 0 Å². The molecule has 104 valence electrons. The lowest BCUT2D eigenvalue weighted by Gasteiger charge is -2.36. The van der Waals surface area contributed by atoms with Crippen LogP contribution in [0.2, 0.25) is 0 Å². The molecule has 19 heavy (non-hydrogen) atoms. The molecule has 1 aromatic rings. The summed E-state index contributed by atoms with van der Waals surface area (Å²) in [7, 11) is 0. The number of hydrogen-bond donors (Lipinski definition) is 0. The van der Waals surface area contributed by atoms with Gasteiger partial charge >= 0.3 is 0 Å². The molecule has 1 aliphatic heterocycles. The number of hydrogen-bond acceptors (Lipinski definition) is 2. The lowest BCUT2D eigenvalue weighted by molar-refractivity contribution is -0.131. The van der Waals surface area contributed by atoms with E-state index in [0.29, 0.717) is 18.2 Å². The summed E-state index contributed by atoms with van der Waals surface area (Å²) in [6.07, 6.45) is 1.70. The van der Waals surface area contributed by atoms with Crippen molar-refractivity contribution in [1.82, 2.24) is 4.90 Å². The number of benzene rings is 1. The molecule has 1 aromatic carbocycles. The molecule has 2 rings (SSSR count). The largest absolute Gasteiger partial charge is 0.368 e. The molecule has 0 saturated carbocycles. The smallest absolute Gasteiger partial charge is 0.222 e. The van der Waals surface area contributed by atoms with Crippen LogP contribution >= 0.6 is 0 Å². The Morgan fingerprint density at radius 2 is 1.74 bits per heavy atom. The van der Waals surface area contributed by atoms with Crippen molar-refractivity contribution in [2.45, 2.75) is 26.7 Å². The van der Waals surface area contributed by atoms with E-state index in [0.717, 1.165) is 32.6 Å². The van der Waals surface area contributed by atoms with Gasteiger partial charge in [-0.25, -0.2) is 0 Å². The topological polar surface area (TPSA) is 23.6 Å². The van der Waals surface area contributed by atoms with Crippen LogP contribution in [0.3, 0.4) is 0 Å². The summed E-state index contributed by atoms with van der Waals surface area (Å²) >= 11 is 0. The average molecular weight is 260 g/mol. The van der Waals surface area contributed by atoms with Crippen LogP contribution < -0.4 is 4.90 Å². The number of rotatable bonds is 4. The first kappa shape index (κ1) is 13.9. The van der Waals surface area contributed by atoms with Crippen molar-refractivity contribution in [2.24, 2.45) is 5.92 Å². The van der Waals surface area contributed by atoms with Crippen molar-refractivity contribution < 1.29 is 4.79 Å². The first-order chi connectivity index (χ1) is 9.16. The fourth-order valence-electron chi connectivity index (χ4n) is 2.42. The Morgan fingerprint density at radius 1 is 1.11 bits per heavy atom. The van der Waals surface area contributed by atoms with Gasteiger partial charge in [-0.05, 0) is 24.5 Å². The van der Waals surface area contributed by atoms with E-state index in [1.54, 1.807) is 0 Å². The predicted octanol–water partition coefficient (Wildman–Crippen LogP) is 2.77. The van der Waals surface area contributed by atoms with Gasteiger partial charge in [-0.2, -0.15) is 0 Å². The van der Waals surface area contributed by atoms with E-state index in [-0.39, 0.29) is 0 Å². The minimum Gasteiger partial charge on any atom is -0.368 e. The first-order valence-electron chi connectivity index (χ1n) is 7.24. The van der Waals surface area contributed by atoms with Gasteiger partial charge in [0.1, 0.15) is 0 Å². The van der Waals surface area contributed by atoms with Crippen LogP contribution in [0.5, 0.6) is 0 Å². The number of para-hydroxylation sites is 1. The third-order valence-corrected chi connectivity index (χ3v) is 3.69. The zero-order chi connectivity index (χ0) is 13.7. The van der Waals surface area contributed by atoms with Crippen molar-refractivity contribution in [3.8, 4) is 0 Å². The second kappa shape index (κ2) is 6.60. The molecular formula is C16H24N2O. The van der Waals surface area contributed by atoms with Crippen LogP contribution in [0.1, 0.15) is 26.7 Å². The molecule has 3 heteroatoms. The molecule has 1 amide bonds. The highest BCUT2D eigenvalue weighted by Gasteiger charge is 2.20. The van der Waals surface area contributed by atoms with E-state index in [2.05, 4.69) is 43.0 Å². The number of piperazine rings is 1. The molecule has 0 aliphatic carbocycles. The Morgan fingerprint density at radius 3 is 2.32 bits per heavy atom. The molecule has 0 N–H and O–H groups in total. The molecule has 3 nitrogen and oxygen atoms in total. The van der Waals surface area contributed by atoms with Gasteiger partial charge in [0.25, 0.3) is 0 Å². The Hall–Kier alpha value is -1.51. The average Bonchev–Trinajstić information content (AvgIpc) is 2.46. The highest BCUT2D eigenvalue weighted by molar-refractivity contribution is 5.76. The first-order valence-corrected chi connectivity index (χ1v) is 7.24. The Kier molecular flexibility index (Phi) is 4.83. The van der Waals surface area contributed by atoms with Crippen molar-refractivity contribution in [1.29, 1.82) is 0 Å². The summed E-state index contributed by atoms with van der Waals surface area (Å²) in [6, 6.07) is 10.4. The Bertz CT molecular complexity index is 394. The highest BCUT2D eigenvalue weighted by Crippen LogP contribution is 2.16. The van der Waals surface area contributed by atoms with Crippen molar-refractivity contribution in [3.05, 3.63) is 30.3 Å². The second-order valence-corrected chi connectivity index (χ2v) is 5.64. The lowest BCUT2D eigenvalue weighted by Crippen LogP contribution is -2.48. The van der Waals surface area contributed by atoms with E-state index >= 15 is 0 Å². The molecule has 0 radical (unpaired) electrons. The minimum absolute atomic E-state index is 0.321. The van der Waals surface area contributed by atoms with Gasteiger partial charge in [0, 0.05) is 38.3 Å². The zero-order valence-corrected chi connectivity index (χ0v) is 12.0. The van der Waals surface area contributed by atoms with Crippen LogP contribution in [0.25, 0.3) is 0 Å². The van der Waals surface area contributed by atoms with E-state index in [1.807, 2.05) is 11.0 Å². The Balaban J connectivity index is 1.81. The molecular weight excluding hydrogens is 236 g/mol. The molecule has 0 aromatic heterocycles. The van der Waals surface area contributed by atoms with E-state index in [4.69, 9.17) is 0 Å². The SMILES string of the molecule is CC(C)CCC(=O)N1CCN(c2ccccc2)CC1. The van der Waals surface area contributed by atoms with Gasteiger partial charge in [-0.3, -0.25) is 4.79 Å². The normalized spacial score (nSPS) is 15.9.